The second-order valence-corrected chi connectivity index (χ2v) is 15.7. The number of fused-ring (bicyclic) bond motifs is 6. The molecule has 278 valence electrons. The summed E-state index contributed by atoms with van der Waals surface area (Å²) in [7, 11) is 0. The predicted molar refractivity (Wildman–Crippen MR) is 238 cm³/mol. The van der Waals surface area contributed by atoms with Gasteiger partial charge in [0.15, 0.2) is 0 Å². The number of hydrogen-bond acceptors (Lipinski definition) is 3. The van der Waals surface area contributed by atoms with E-state index in [0.29, 0.717) is 11.8 Å². The summed E-state index contributed by atoms with van der Waals surface area (Å²) >= 11 is 0. The minimum atomic E-state index is 0.343. The van der Waals surface area contributed by atoms with Crippen molar-refractivity contribution in [1.29, 1.82) is 0 Å². The minimum Gasteiger partial charge on any atom is -0.310 e. The molecule has 6 nitrogen and oxygen atoms in total. The van der Waals surface area contributed by atoms with Crippen molar-refractivity contribution in [3.63, 3.8) is 0 Å². The second-order valence-electron chi connectivity index (χ2n) is 15.7. The van der Waals surface area contributed by atoms with E-state index in [2.05, 4.69) is 199 Å². The molecular formula is C51H44N6. The van der Waals surface area contributed by atoms with E-state index in [1.807, 2.05) is 18.5 Å². The van der Waals surface area contributed by atoms with Crippen LogP contribution in [0.1, 0.15) is 56.2 Å². The molecule has 0 aliphatic rings. The average molecular weight is 741 g/mol. The first-order valence-electron chi connectivity index (χ1n) is 19.9. The van der Waals surface area contributed by atoms with E-state index in [1.54, 1.807) is 0 Å². The quantitative estimate of drug-likeness (QED) is 0.156. The molecule has 57 heavy (non-hydrogen) atoms. The Hall–Kier alpha value is -6.92. The van der Waals surface area contributed by atoms with Gasteiger partial charge >= 0.3 is 0 Å². The summed E-state index contributed by atoms with van der Waals surface area (Å²) in [6.45, 7) is 11.2. The van der Waals surface area contributed by atoms with Crippen LogP contribution in [0.3, 0.4) is 0 Å². The van der Waals surface area contributed by atoms with Crippen molar-refractivity contribution in [2.45, 2.75) is 46.5 Å². The van der Waals surface area contributed by atoms with Crippen LogP contribution in [0.25, 0.3) is 61.1 Å². The first-order chi connectivity index (χ1) is 27.9. The highest BCUT2D eigenvalue weighted by atomic mass is 15.2. The third-order valence-corrected chi connectivity index (χ3v) is 11.4. The average Bonchev–Trinajstić information content (AvgIpc) is 3.93. The predicted octanol–water partition coefficient (Wildman–Crippen LogP) is 13.5. The number of pyridine rings is 1. The van der Waals surface area contributed by atoms with Gasteiger partial charge in [-0.05, 0) is 96.1 Å². The van der Waals surface area contributed by atoms with E-state index in [-0.39, 0.29) is 0 Å². The lowest BCUT2D eigenvalue weighted by molar-refractivity contribution is 0.796. The molecule has 0 atom stereocenters. The summed E-state index contributed by atoms with van der Waals surface area (Å²) in [6.07, 6.45) is 5.96. The van der Waals surface area contributed by atoms with Crippen LogP contribution in [0.2, 0.25) is 0 Å². The minimum absolute atomic E-state index is 0.343. The third-order valence-electron chi connectivity index (χ3n) is 11.4. The Labute approximate surface area is 332 Å². The topological polar surface area (TPSA) is 43.8 Å². The van der Waals surface area contributed by atoms with Crippen LogP contribution in [-0.4, -0.2) is 23.7 Å². The summed E-state index contributed by atoms with van der Waals surface area (Å²) < 4.78 is 6.96. The fourth-order valence-electron chi connectivity index (χ4n) is 8.75. The van der Waals surface area contributed by atoms with Crippen molar-refractivity contribution in [2.24, 2.45) is 0 Å². The molecule has 6 heteroatoms. The Morgan fingerprint density at radius 2 is 1.04 bits per heavy atom. The van der Waals surface area contributed by atoms with Crippen molar-refractivity contribution in [3.05, 3.63) is 181 Å². The molecular weight excluding hydrogens is 697 g/mol. The molecule has 4 aromatic heterocycles. The summed E-state index contributed by atoms with van der Waals surface area (Å²) in [5, 5.41) is 4.77. The smallest absolute Gasteiger partial charge is 0.219 e. The summed E-state index contributed by atoms with van der Waals surface area (Å²) in [6, 6.07) is 52.6. The lowest BCUT2D eigenvalue weighted by Gasteiger charge is -2.26. The van der Waals surface area contributed by atoms with E-state index in [4.69, 9.17) is 9.97 Å². The van der Waals surface area contributed by atoms with Crippen LogP contribution in [0.5, 0.6) is 0 Å². The molecule has 0 radical (unpaired) electrons. The number of aromatic nitrogens is 5. The maximum atomic E-state index is 5.13. The molecule has 0 spiro atoms. The number of imidazole rings is 1. The Morgan fingerprint density at radius 1 is 0.474 bits per heavy atom. The fourth-order valence-corrected chi connectivity index (χ4v) is 8.75. The van der Waals surface area contributed by atoms with Gasteiger partial charge in [-0.1, -0.05) is 113 Å². The van der Waals surface area contributed by atoms with Gasteiger partial charge in [-0.25, -0.2) is 9.97 Å². The van der Waals surface area contributed by atoms with E-state index in [1.165, 1.54) is 43.9 Å². The van der Waals surface area contributed by atoms with Crippen LogP contribution in [0.4, 0.5) is 17.1 Å². The monoisotopic (exact) mass is 740 g/mol. The lowest BCUT2D eigenvalue weighted by Crippen LogP contribution is -2.12. The van der Waals surface area contributed by atoms with Crippen LogP contribution >= 0.6 is 0 Å². The first-order valence-corrected chi connectivity index (χ1v) is 19.9. The Morgan fingerprint density at radius 3 is 1.65 bits per heavy atom. The number of hydrogen-bond donors (Lipinski definition) is 0. The van der Waals surface area contributed by atoms with Crippen molar-refractivity contribution < 1.29 is 0 Å². The molecule has 6 aromatic carbocycles. The number of nitrogens with zero attached hydrogens (tertiary/aromatic N) is 6. The zero-order valence-corrected chi connectivity index (χ0v) is 32.9. The van der Waals surface area contributed by atoms with E-state index >= 15 is 0 Å². The molecule has 0 unspecified atom stereocenters. The SMILES string of the molecule is Cc1ccnc(-n2c3ccccc3c3ccc(N(c4ccccc4)c4ccc5c6ccccc6n(-c6nccn6-c6c(C(C)C)cccc6C(C)C)c5c4)cc32)c1. The molecule has 10 rings (SSSR count). The summed E-state index contributed by atoms with van der Waals surface area (Å²) in [4.78, 5) is 12.4. The van der Waals surface area contributed by atoms with Crippen LogP contribution in [-0.2, 0) is 0 Å². The van der Waals surface area contributed by atoms with Gasteiger partial charge in [-0.2, -0.15) is 0 Å². The van der Waals surface area contributed by atoms with Crippen LogP contribution in [0, 0.1) is 6.92 Å². The maximum absolute atomic E-state index is 5.13. The zero-order chi connectivity index (χ0) is 38.8. The standard InChI is InChI=1S/C51H44N6/c1-33(2)39-18-13-19-40(34(3)4)50(39)54-29-28-53-51(54)57-46-21-12-10-17-42(46)44-25-23-38(32-48(44)57)55(36-14-7-6-8-15-36)37-22-24-43-41-16-9-11-20-45(41)56(47(43)31-37)49-30-35(5)26-27-52-49/h6-34H,1-5H3. The van der Waals surface area contributed by atoms with Gasteiger partial charge in [0.05, 0.1) is 27.8 Å². The van der Waals surface area contributed by atoms with Gasteiger partial charge in [0.1, 0.15) is 5.82 Å². The summed E-state index contributed by atoms with van der Waals surface area (Å²) in [5.41, 5.74) is 12.6. The van der Waals surface area contributed by atoms with E-state index < -0.39 is 0 Å². The largest absolute Gasteiger partial charge is 0.310 e. The van der Waals surface area contributed by atoms with Crippen molar-refractivity contribution in [1.82, 2.24) is 23.7 Å². The molecule has 0 aliphatic carbocycles. The van der Waals surface area contributed by atoms with Gasteiger partial charge in [0.2, 0.25) is 5.95 Å². The number of anilines is 3. The molecule has 0 saturated heterocycles. The van der Waals surface area contributed by atoms with Crippen molar-refractivity contribution >= 4 is 60.7 Å². The fraction of sp³-hybridized carbons (Fsp3) is 0.137. The van der Waals surface area contributed by atoms with Crippen LogP contribution in [0.15, 0.2) is 164 Å². The number of rotatable bonds is 8. The lowest BCUT2D eigenvalue weighted by atomic mass is 9.92. The molecule has 0 bridgehead atoms. The van der Waals surface area contributed by atoms with Gasteiger partial charge in [-0.3, -0.25) is 13.7 Å². The van der Waals surface area contributed by atoms with E-state index in [0.717, 1.165) is 50.9 Å². The molecule has 0 saturated carbocycles. The van der Waals surface area contributed by atoms with Gasteiger partial charge in [0, 0.05) is 57.2 Å². The van der Waals surface area contributed by atoms with Gasteiger partial charge < -0.3 is 4.90 Å². The zero-order valence-electron chi connectivity index (χ0n) is 32.9. The van der Waals surface area contributed by atoms with Gasteiger partial charge in [-0.15, -0.1) is 0 Å². The Balaban J connectivity index is 1.23. The number of aryl methyl sites for hydroxylation is 1. The Bertz CT molecular complexity index is 3080. The second kappa shape index (κ2) is 13.7. The highest BCUT2D eigenvalue weighted by Crippen LogP contribution is 2.42. The molecule has 0 fully saturated rings. The van der Waals surface area contributed by atoms with Crippen molar-refractivity contribution in [3.8, 4) is 17.5 Å². The van der Waals surface area contributed by atoms with Crippen LogP contribution < -0.4 is 4.90 Å². The van der Waals surface area contributed by atoms with Gasteiger partial charge in [0.25, 0.3) is 0 Å². The molecule has 10 aromatic rings. The molecule has 0 amide bonds. The summed E-state index contributed by atoms with van der Waals surface area (Å²) in [5.74, 6) is 2.47. The molecule has 4 heterocycles. The maximum Gasteiger partial charge on any atom is 0.219 e. The normalized spacial score (nSPS) is 11.9. The number of benzene rings is 6. The third kappa shape index (κ3) is 5.62. The van der Waals surface area contributed by atoms with Crippen molar-refractivity contribution in [2.75, 3.05) is 4.90 Å². The highest BCUT2D eigenvalue weighted by molar-refractivity contribution is 6.12. The molecule has 0 aliphatic heterocycles. The Kier molecular flexibility index (Phi) is 8.29. The number of para-hydroxylation sites is 4. The first kappa shape index (κ1) is 34.6. The van der Waals surface area contributed by atoms with E-state index in [9.17, 15) is 0 Å². The molecule has 0 N–H and O–H groups in total. The highest BCUT2D eigenvalue weighted by Gasteiger charge is 2.23.